The van der Waals surface area contributed by atoms with Gasteiger partial charge in [-0.3, -0.25) is 0 Å². The number of aromatic nitrogens is 2. The van der Waals surface area contributed by atoms with E-state index in [1.807, 2.05) is 13.1 Å². The second-order valence-corrected chi connectivity index (χ2v) is 4.35. The smallest absolute Gasteiger partial charge is 0.238 e. The fraction of sp³-hybridized carbons (Fsp3) is 0.214. The molecule has 3 heteroatoms. The third-order valence-electron chi connectivity index (χ3n) is 3.00. The minimum Gasteiger partial charge on any atom is -0.479 e. The first-order chi connectivity index (χ1) is 8.19. The molecular formula is C14H14N2O. The molecule has 0 radical (unpaired) electrons. The van der Waals surface area contributed by atoms with Crippen LogP contribution in [-0.4, -0.2) is 16.5 Å². The van der Waals surface area contributed by atoms with Crippen molar-refractivity contribution in [2.75, 3.05) is 7.11 Å². The fourth-order valence-corrected chi connectivity index (χ4v) is 2.24. The summed E-state index contributed by atoms with van der Waals surface area (Å²) in [6.07, 6.45) is 2.04. The van der Waals surface area contributed by atoms with Crippen molar-refractivity contribution in [1.82, 2.24) is 9.38 Å². The fourth-order valence-electron chi connectivity index (χ4n) is 2.24. The van der Waals surface area contributed by atoms with Crippen LogP contribution in [0.25, 0.3) is 16.4 Å². The van der Waals surface area contributed by atoms with E-state index in [2.05, 4.69) is 40.6 Å². The molecule has 3 rings (SSSR count). The second kappa shape index (κ2) is 3.48. The van der Waals surface area contributed by atoms with E-state index in [-0.39, 0.29) is 0 Å². The quantitative estimate of drug-likeness (QED) is 0.637. The van der Waals surface area contributed by atoms with E-state index in [1.165, 1.54) is 16.5 Å². The molecule has 0 saturated carbocycles. The van der Waals surface area contributed by atoms with Crippen LogP contribution in [0.2, 0.25) is 0 Å². The van der Waals surface area contributed by atoms with Gasteiger partial charge in [0.2, 0.25) is 5.88 Å². The standard InChI is InChI=1S/C14H14N2O/c1-9-4-5-12-11(6-9)7-13-14(17-3)15-10(2)8-16(12)13/h4-8H,1-3H3. The maximum absolute atomic E-state index is 5.34. The van der Waals surface area contributed by atoms with Gasteiger partial charge in [-0.05, 0) is 32.0 Å². The van der Waals surface area contributed by atoms with Crippen molar-refractivity contribution in [3.05, 3.63) is 41.7 Å². The Morgan fingerprint density at radius 2 is 1.94 bits per heavy atom. The maximum atomic E-state index is 5.34. The van der Waals surface area contributed by atoms with Gasteiger partial charge in [0.1, 0.15) is 5.52 Å². The minimum absolute atomic E-state index is 0.679. The predicted octanol–water partition coefficient (Wildman–Crippen LogP) is 3.11. The molecule has 17 heavy (non-hydrogen) atoms. The molecule has 0 N–H and O–H groups in total. The Labute approximate surface area is 99.7 Å². The molecule has 2 heterocycles. The number of rotatable bonds is 1. The molecule has 3 aromatic rings. The van der Waals surface area contributed by atoms with Gasteiger partial charge in [0.25, 0.3) is 0 Å². The van der Waals surface area contributed by atoms with Crippen molar-refractivity contribution in [2.45, 2.75) is 13.8 Å². The molecule has 0 atom stereocenters. The molecule has 0 aliphatic carbocycles. The SMILES string of the molecule is COc1nc(C)cn2c1cc1cc(C)ccc12. The third-order valence-corrected chi connectivity index (χ3v) is 3.00. The van der Waals surface area contributed by atoms with E-state index in [4.69, 9.17) is 4.74 Å². The minimum atomic E-state index is 0.679. The predicted molar refractivity (Wildman–Crippen MR) is 68.7 cm³/mol. The Morgan fingerprint density at radius 3 is 2.71 bits per heavy atom. The maximum Gasteiger partial charge on any atom is 0.238 e. The van der Waals surface area contributed by atoms with Gasteiger partial charge in [-0.25, -0.2) is 4.98 Å². The van der Waals surface area contributed by atoms with Crippen LogP contribution in [0.4, 0.5) is 0 Å². The van der Waals surface area contributed by atoms with Gasteiger partial charge < -0.3 is 9.14 Å². The molecule has 0 saturated heterocycles. The van der Waals surface area contributed by atoms with Gasteiger partial charge in [0.15, 0.2) is 0 Å². The summed E-state index contributed by atoms with van der Waals surface area (Å²) in [6.45, 7) is 4.07. The largest absolute Gasteiger partial charge is 0.479 e. The summed E-state index contributed by atoms with van der Waals surface area (Å²) in [5, 5.41) is 1.22. The van der Waals surface area contributed by atoms with Crippen molar-refractivity contribution in [3.8, 4) is 5.88 Å². The van der Waals surface area contributed by atoms with Crippen LogP contribution in [0.15, 0.2) is 30.5 Å². The zero-order valence-electron chi connectivity index (χ0n) is 10.2. The van der Waals surface area contributed by atoms with Crippen LogP contribution >= 0.6 is 0 Å². The molecule has 0 aliphatic heterocycles. The van der Waals surface area contributed by atoms with Gasteiger partial charge in [0.05, 0.1) is 18.3 Å². The molecule has 2 aromatic heterocycles. The Bertz CT molecular complexity index is 713. The van der Waals surface area contributed by atoms with E-state index < -0.39 is 0 Å². The zero-order chi connectivity index (χ0) is 12.0. The highest BCUT2D eigenvalue weighted by molar-refractivity contribution is 5.89. The third kappa shape index (κ3) is 1.46. The average Bonchev–Trinajstić information content (AvgIpc) is 2.65. The number of hydrogen-bond acceptors (Lipinski definition) is 2. The van der Waals surface area contributed by atoms with Crippen LogP contribution in [0.5, 0.6) is 5.88 Å². The van der Waals surface area contributed by atoms with E-state index in [9.17, 15) is 0 Å². The molecular weight excluding hydrogens is 212 g/mol. The van der Waals surface area contributed by atoms with E-state index in [0.29, 0.717) is 5.88 Å². The summed E-state index contributed by atoms with van der Waals surface area (Å²) in [5.41, 5.74) is 4.41. The average molecular weight is 226 g/mol. The van der Waals surface area contributed by atoms with Crippen LogP contribution in [0, 0.1) is 13.8 Å². The number of hydrogen-bond donors (Lipinski definition) is 0. The monoisotopic (exact) mass is 226 g/mol. The Kier molecular flexibility index (Phi) is 2.08. The second-order valence-electron chi connectivity index (χ2n) is 4.35. The lowest BCUT2D eigenvalue weighted by molar-refractivity contribution is 0.400. The van der Waals surface area contributed by atoms with Crippen LogP contribution in [0.1, 0.15) is 11.3 Å². The number of ether oxygens (including phenoxy) is 1. The van der Waals surface area contributed by atoms with Crippen LogP contribution in [0.3, 0.4) is 0 Å². The molecule has 1 aromatic carbocycles. The van der Waals surface area contributed by atoms with Gasteiger partial charge in [-0.2, -0.15) is 0 Å². The lowest BCUT2D eigenvalue weighted by Crippen LogP contribution is -1.95. The Balaban J connectivity index is 2.50. The summed E-state index contributed by atoms with van der Waals surface area (Å²) in [6, 6.07) is 8.55. The summed E-state index contributed by atoms with van der Waals surface area (Å²) >= 11 is 0. The first-order valence-electron chi connectivity index (χ1n) is 5.62. The highest BCUT2D eigenvalue weighted by atomic mass is 16.5. The number of fused-ring (bicyclic) bond motifs is 3. The molecule has 0 fully saturated rings. The van der Waals surface area contributed by atoms with E-state index >= 15 is 0 Å². The van der Waals surface area contributed by atoms with Crippen LogP contribution in [-0.2, 0) is 0 Å². The van der Waals surface area contributed by atoms with Crippen molar-refractivity contribution >= 4 is 16.4 Å². The van der Waals surface area contributed by atoms with Crippen molar-refractivity contribution in [1.29, 1.82) is 0 Å². The lowest BCUT2D eigenvalue weighted by atomic mass is 10.2. The Hall–Kier alpha value is -2.03. The first-order valence-corrected chi connectivity index (χ1v) is 5.62. The summed E-state index contributed by atoms with van der Waals surface area (Å²) in [5.74, 6) is 0.679. The highest BCUT2D eigenvalue weighted by Crippen LogP contribution is 2.26. The van der Waals surface area contributed by atoms with Gasteiger partial charge in [-0.15, -0.1) is 0 Å². The van der Waals surface area contributed by atoms with Gasteiger partial charge in [-0.1, -0.05) is 11.6 Å². The molecule has 0 aliphatic rings. The molecule has 0 unspecified atom stereocenters. The van der Waals surface area contributed by atoms with Crippen LogP contribution < -0.4 is 4.74 Å². The number of aryl methyl sites for hydroxylation is 2. The zero-order valence-corrected chi connectivity index (χ0v) is 10.2. The molecule has 0 spiro atoms. The molecule has 3 nitrogen and oxygen atoms in total. The Morgan fingerprint density at radius 1 is 1.12 bits per heavy atom. The number of nitrogens with zero attached hydrogens (tertiary/aromatic N) is 2. The summed E-state index contributed by atoms with van der Waals surface area (Å²) in [7, 11) is 1.66. The highest BCUT2D eigenvalue weighted by Gasteiger charge is 2.09. The van der Waals surface area contributed by atoms with Crippen molar-refractivity contribution in [3.63, 3.8) is 0 Å². The van der Waals surface area contributed by atoms with Crippen molar-refractivity contribution in [2.24, 2.45) is 0 Å². The molecule has 0 amide bonds. The topological polar surface area (TPSA) is 26.5 Å². The first kappa shape index (κ1) is 10.1. The summed E-state index contributed by atoms with van der Waals surface area (Å²) < 4.78 is 7.47. The lowest BCUT2D eigenvalue weighted by Gasteiger charge is -2.04. The van der Waals surface area contributed by atoms with Gasteiger partial charge >= 0.3 is 0 Å². The normalized spacial score (nSPS) is 11.2. The van der Waals surface area contributed by atoms with E-state index in [0.717, 1.165) is 11.2 Å². The molecule has 86 valence electrons. The summed E-state index contributed by atoms with van der Waals surface area (Å²) in [4.78, 5) is 4.39. The van der Waals surface area contributed by atoms with E-state index in [1.54, 1.807) is 7.11 Å². The van der Waals surface area contributed by atoms with Crippen molar-refractivity contribution < 1.29 is 4.74 Å². The molecule has 0 bridgehead atoms. The number of benzene rings is 1. The number of methoxy groups -OCH3 is 1. The van der Waals surface area contributed by atoms with Gasteiger partial charge in [0, 0.05) is 11.6 Å².